The van der Waals surface area contributed by atoms with Crippen molar-refractivity contribution in [1.29, 1.82) is 0 Å². The highest BCUT2D eigenvalue weighted by Crippen LogP contribution is 2.50. The number of amides is 1. The fourth-order valence-electron chi connectivity index (χ4n) is 5.65. The third-order valence-corrected chi connectivity index (χ3v) is 11.6. The molecule has 0 aromatic heterocycles. The molecule has 2 aliphatic rings. The number of fused-ring (bicyclic) bond motifs is 1. The Bertz CT molecular complexity index is 1680. The Morgan fingerprint density at radius 3 is 2.13 bits per heavy atom. The van der Waals surface area contributed by atoms with E-state index in [-0.39, 0.29) is 42.1 Å². The molecular formula is C33H43F6N2O12PS. The fourth-order valence-corrected chi connectivity index (χ4v) is 8.49. The lowest BCUT2D eigenvalue weighted by atomic mass is 10.0. The molecule has 0 radical (unpaired) electrons. The molecule has 1 amide bonds. The number of nitrogens with zero attached hydrogens (tertiary/aromatic N) is 1. The molecule has 2 aromatic carbocycles. The van der Waals surface area contributed by atoms with Crippen molar-refractivity contribution < 1.29 is 82.0 Å². The number of methoxy groups -OCH3 is 1. The van der Waals surface area contributed by atoms with Gasteiger partial charge in [-0.1, -0.05) is 26.0 Å². The van der Waals surface area contributed by atoms with E-state index in [2.05, 4.69) is 14.4 Å². The Morgan fingerprint density at radius 2 is 1.56 bits per heavy atom. The zero-order valence-corrected chi connectivity index (χ0v) is 31.7. The summed E-state index contributed by atoms with van der Waals surface area (Å²) in [5, 5.41) is 14.2. The molecule has 14 nitrogen and oxygen atoms in total. The SMILES string of the molecule is COc1ccc(S(=O)(=O)N(CC(C)C)C[C@@H](O)[C@H](Cc2ccc(OCP(=O)(OCC(F)(F)F)OCC(F)(F)F)cc2)NC(=O)O[C@H]2CO[C@H]3OCC[C@H]32)cc1. The summed E-state index contributed by atoms with van der Waals surface area (Å²) in [4.78, 5) is 13.1. The monoisotopic (exact) mass is 836 g/mol. The van der Waals surface area contributed by atoms with Crippen molar-refractivity contribution in [1.82, 2.24) is 9.62 Å². The number of alkyl carbamates (subject to hydrolysis) is 1. The fraction of sp³-hybridized carbons (Fsp3) is 0.606. The molecule has 2 aliphatic heterocycles. The molecule has 55 heavy (non-hydrogen) atoms. The second-order valence-electron chi connectivity index (χ2n) is 13.2. The maximum Gasteiger partial charge on any atom is 0.412 e. The van der Waals surface area contributed by atoms with Gasteiger partial charge in [0.05, 0.1) is 43.3 Å². The number of hydrogen-bond donors (Lipinski definition) is 2. The average Bonchev–Trinajstić information content (AvgIpc) is 3.73. The number of halogens is 6. The van der Waals surface area contributed by atoms with Gasteiger partial charge in [0, 0.05) is 13.1 Å². The summed E-state index contributed by atoms with van der Waals surface area (Å²) in [5.41, 5.74) is 0.406. The molecule has 2 saturated heterocycles. The molecule has 2 N–H and O–H groups in total. The molecule has 0 unspecified atom stereocenters. The number of rotatable bonds is 19. The van der Waals surface area contributed by atoms with Crippen LogP contribution in [-0.2, 0) is 44.3 Å². The van der Waals surface area contributed by atoms with Gasteiger partial charge in [-0.05, 0) is 60.7 Å². The summed E-state index contributed by atoms with van der Waals surface area (Å²) in [6.07, 6.45) is -14.5. The van der Waals surface area contributed by atoms with E-state index in [4.69, 9.17) is 23.7 Å². The number of sulfonamides is 1. The normalized spacial score (nSPS) is 20.3. The highest BCUT2D eigenvalue weighted by Gasteiger charge is 2.44. The molecule has 22 heteroatoms. The number of carbonyl (C=O) groups excluding carboxylic acids is 1. The third-order valence-electron chi connectivity index (χ3n) is 8.29. The quantitative estimate of drug-likeness (QED) is 0.135. The zero-order valence-electron chi connectivity index (χ0n) is 30.0. The van der Waals surface area contributed by atoms with Gasteiger partial charge in [0.15, 0.2) is 25.9 Å². The van der Waals surface area contributed by atoms with E-state index in [1.54, 1.807) is 13.8 Å². The molecule has 4 rings (SSSR count). The number of nitrogens with one attached hydrogen (secondary N) is 1. The molecule has 2 fully saturated rings. The molecule has 0 aliphatic carbocycles. The van der Waals surface area contributed by atoms with Gasteiger partial charge in [-0.3, -0.25) is 13.6 Å². The number of benzene rings is 2. The predicted octanol–water partition coefficient (Wildman–Crippen LogP) is 5.49. The molecule has 310 valence electrons. The van der Waals surface area contributed by atoms with E-state index in [1.807, 2.05) is 0 Å². The van der Waals surface area contributed by atoms with E-state index in [0.29, 0.717) is 24.3 Å². The van der Waals surface area contributed by atoms with Crippen molar-refractivity contribution in [2.45, 2.75) is 68.5 Å². The number of hydrogen-bond acceptors (Lipinski definition) is 12. The van der Waals surface area contributed by atoms with Crippen LogP contribution in [0.4, 0.5) is 31.1 Å². The summed E-state index contributed by atoms with van der Waals surface area (Å²) in [7, 11) is -7.80. The average molecular weight is 837 g/mol. The second-order valence-corrected chi connectivity index (χ2v) is 17.1. The third kappa shape index (κ3) is 13.8. The summed E-state index contributed by atoms with van der Waals surface area (Å²) in [5.74, 6) is -0.106. The van der Waals surface area contributed by atoms with Gasteiger partial charge in [-0.2, -0.15) is 30.6 Å². The Labute approximate surface area is 313 Å². The van der Waals surface area contributed by atoms with Crippen LogP contribution >= 0.6 is 7.60 Å². The van der Waals surface area contributed by atoms with Crippen LogP contribution in [0.5, 0.6) is 11.5 Å². The topological polar surface area (TPSA) is 168 Å². The van der Waals surface area contributed by atoms with Crippen molar-refractivity contribution in [2.75, 3.05) is 53.0 Å². The smallest absolute Gasteiger partial charge is 0.412 e. The Balaban J connectivity index is 1.51. The van der Waals surface area contributed by atoms with Crippen LogP contribution in [-0.4, -0.2) is 114 Å². The van der Waals surface area contributed by atoms with Crippen molar-refractivity contribution in [2.24, 2.45) is 11.8 Å². The van der Waals surface area contributed by atoms with Crippen molar-refractivity contribution in [3.63, 3.8) is 0 Å². The number of aliphatic hydroxyl groups excluding tert-OH is 1. The second kappa shape index (κ2) is 18.8. The largest absolute Gasteiger partial charge is 0.497 e. The Morgan fingerprint density at radius 1 is 0.964 bits per heavy atom. The van der Waals surface area contributed by atoms with Gasteiger partial charge in [0.25, 0.3) is 0 Å². The van der Waals surface area contributed by atoms with Crippen LogP contribution < -0.4 is 14.8 Å². The molecule has 0 spiro atoms. The van der Waals surface area contributed by atoms with E-state index >= 15 is 0 Å². The summed E-state index contributed by atoms with van der Waals surface area (Å²) in [6, 6.07) is 9.76. The van der Waals surface area contributed by atoms with Crippen LogP contribution in [0.2, 0.25) is 0 Å². The molecule has 0 saturated carbocycles. The lowest BCUT2D eigenvalue weighted by Gasteiger charge is -2.31. The number of alkyl halides is 6. The number of aliphatic hydroxyl groups is 1. The molecule has 0 bridgehead atoms. The highest BCUT2D eigenvalue weighted by molar-refractivity contribution is 7.89. The zero-order chi connectivity index (χ0) is 40.6. The van der Waals surface area contributed by atoms with Crippen molar-refractivity contribution in [3.05, 3.63) is 54.1 Å². The Hall–Kier alpha value is -3.17. The number of ether oxygens (including phenoxy) is 5. The van der Waals surface area contributed by atoms with E-state index in [9.17, 15) is 49.2 Å². The Kier molecular flexibility index (Phi) is 15.3. The standard InChI is InChI=1S/C33H43F6N2O12PS/c1-21(2)15-41(55(45,46)25-10-8-23(47-3)9-11-25)16-28(42)27(40-31(43)53-29-17-49-30-26(29)12-13-48-30)14-22-4-6-24(7-5-22)50-20-54(44,51-18-32(34,35)36)52-19-33(37,38)39/h4-11,21,26-30,42H,12-20H2,1-3H3,(H,40,43)/t26-,27-,28+,29-,30+/m0/s1. The minimum Gasteiger partial charge on any atom is -0.497 e. The van der Waals surface area contributed by atoms with Gasteiger partial charge in [-0.15, -0.1) is 0 Å². The summed E-state index contributed by atoms with van der Waals surface area (Å²) in [6.45, 7) is -0.694. The van der Waals surface area contributed by atoms with E-state index in [0.717, 1.165) is 4.31 Å². The van der Waals surface area contributed by atoms with Crippen LogP contribution in [0, 0.1) is 11.8 Å². The van der Waals surface area contributed by atoms with Crippen molar-refractivity contribution >= 4 is 23.7 Å². The maximum absolute atomic E-state index is 13.8. The van der Waals surface area contributed by atoms with Gasteiger partial charge < -0.3 is 34.1 Å². The van der Waals surface area contributed by atoms with Gasteiger partial charge in [-0.25, -0.2) is 13.2 Å². The van der Waals surface area contributed by atoms with Crippen LogP contribution in [0.25, 0.3) is 0 Å². The first-order chi connectivity index (χ1) is 25.7. The first kappa shape index (κ1) is 44.5. The van der Waals surface area contributed by atoms with Gasteiger partial charge in [0.2, 0.25) is 10.0 Å². The molecule has 2 aromatic rings. The number of carbonyl (C=O) groups is 1. The van der Waals surface area contributed by atoms with Crippen molar-refractivity contribution in [3.8, 4) is 11.5 Å². The van der Waals surface area contributed by atoms with E-state index < -0.39 is 86.7 Å². The molecule has 2 heterocycles. The summed E-state index contributed by atoms with van der Waals surface area (Å²) < 4.78 is 153. The van der Waals surface area contributed by atoms with Crippen LogP contribution in [0.1, 0.15) is 25.8 Å². The highest BCUT2D eigenvalue weighted by atomic mass is 32.2. The minimum absolute atomic E-state index is 0.000329. The summed E-state index contributed by atoms with van der Waals surface area (Å²) >= 11 is 0. The molecule has 5 atom stereocenters. The van der Waals surface area contributed by atoms with Gasteiger partial charge >= 0.3 is 26.0 Å². The minimum atomic E-state index is -5.06. The molecular weight excluding hydrogens is 793 g/mol. The predicted molar refractivity (Wildman–Crippen MR) is 181 cm³/mol. The maximum atomic E-state index is 13.8. The first-order valence-electron chi connectivity index (χ1n) is 16.9. The van der Waals surface area contributed by atoms with Crippen LogP contribution in [0.3, 0.4) is 0 Å². The lowest BCUT2D eigenvalue weighted by molar-refractivity contribution is -0.165. The van der Waals surface area contributed by atoms with Crippen LogP contribution in [0.15, 0.2) is 53.4 Å². The first-order valence-corrected chi connectivity index (χ1v) is 20.1. The van der Waals surface area contributed by atoms with E-state index in [1.165, 1.54) is 55.6 Å². The lowest BCUT2D eigenvalue weighted by Crippen LogP contribution is -2.51. The van der Waals surface area contributed by atoms with Gasteiger partial charge in [0.1, 0.15) is 17.6 Å².